The SMILES string of the molecule is CC(C)CNC(=O)C1CCN(C(=O)c2cccnc2)CC1. The standard InChI is InChI=1S/C16H23N3O2/c1-12(2)10-18-15(20)13-5-8-19(9-6-13)16(21)14-4-3-7-17-11-14/h3-4,7,11-13H,5-6,8-10H2,1-2H3,(H,18,20). The Balaban J connectivity index is 1.83. The van der Waals surface area contributed by atoms with Crippen molar-refractivity contribution in [3.63, 3.8) is 0 Å². The van der Waals surface area contributed by atoms with Crippen LogP contribution in [0.25, 0.3) is 0 Å². The van der Waals surface area contributed by atoms with Crippen molar-refractivity contribution in [2.24, 2.45) is 11.8 Å². The molecule has 1 aliphatic heterocycles. The number of amides is 2. The van der Waals surface area contributed by atoms with Gasteiger partial charge in [-0.25, -0.2) is 0 Å². The third-order valence-corrected chi connectivity index (χ3v) is 3.75. The maximum absolute atomic E-state index is 12.3. The fourth-order valence-corrected chi connectivity index (χ4v) is 2.47. The quantitative estimate of drug-likeness (QED) is 0.917. The van der Waals surface area contributed by atoms with E-state index in [1.54, 1.807) is 24.5 Å². The van der Waals surface area contributed by atoms with E-state index in [1.165, 1.54) is 0 Å². The molecule has 2 heterocycles. The lowest BCUT2D eigenvalue weighted by molar-refractivity contribution is -0.126. The first-order chi connectivity index (χ1) is 10.1. The zero-order chi connectivity index (χ0) is 15.2. The minimum Gasteiger partial charge on any atom is -0.356 e. The fourth-order valence-electron chi connectivity index (χ4n) is 2.47. The lowest BCUT2D eigenvalue weighted by Gasteiger charge is -2.31. The molecule has 114 valence electrons. The number of aromatic nitrogens is 1. The summed E-state index contributed by atoms with van der Waals surface area (Å²) in [5.74, 6) is 0.615. The third-order valence-electron chi connectivity index (χ3n) is 3.75. The second-order valence-electron chi connectivity index (χ2n) is 5.95. The molecule has 0 bridgehead atoms. The van der Waals surface area contributed by atoms with Gasteiger partial charge in [0.05, 0.1) is 5.56 Å². The van der Waals surface area contributed by atoms with Crippen LogP contribution in [-0.2, 0) is 4.79 Å². The molecule has 0 spiro atoms. The molecular formula is C16H23N3O2. The van der Waals surface area contributed by atoms with E-state index >= 15 is 0 Å². The van der Waals surface area contributed by atoms with Crippen molar-refractivity contribution in [1.82, 2.24) is 15.2 Å². The topological polar surface area (TPSA) is 62.3 Å². The Hall–Kier alpha value is -1.91. The van der Waals surface area contributed by atoms with Crippen molar-refractivity contribution in [3.05, 3.63) is 30.1 Å². The van der Waals surface area contributed by atoms with Crippen LogP contribution in [0.15, 0.2) is 24.5 Å². The summed E-state index contributed by atoms with van der Waals surface area (Å²) in [7, 11) is 0. The lowest BCUT2D eigenvalue weighted by atomic mass is 9.95. The highest BCUT2D eigenvalue weighted by atomic mass is 16.2. The first kappa shape index (κ1) is 15.5. The molecule has 1 fully saturated rings. The number of nitrogens with zero attached hydrogens (tertiary/aromatic N) is 2. The predicted octanol–water partition coefficient (Wildman–Crippen LogP) is 1.71. The summed E-state index contributed by atoms with van der Waals surface area (Å²) in [5.41, 5.74) is 0.611. The van der Waals surface area contributed by atoms with Crippen molar-refractivity contribution in [1.29, 1.82) is 0 Å². The average molecular weight is 289 g/mol. The molecule has 0 radical (unpaired) electrons. The van der Waals surface area contributed by atoms with Gasteiger partial charge in [-0.15, -0.1) is 0 Å². The minimum absolute atomic E-state index is 0.00383. The van der Waals surface area contributed by atoms with Crippen molar-refractivity contribution in [3.8, 4) is 0 Å². The highest BCUT2D eigenvalue weighted by Crippen LogP contribution is 2.19. The van der Waals surface area contributed by atoms with Gasteiger partial charge in [-0.05, 0) is 30.9 Å². The number of piperidine rings is 1. The van der Waals surface area contributed by atoms with Gasteiger partial charge in [0.2, 0.25) is 5.91 Å². The summed E-state index contributed by atoms with van der Waals surface area (Å²) < 4.78 is 0. The molecule has 21 heavy (non-hydrogen) atoms. The zero-order valence-electron chi connectivity index (χ0n) is 12.7. The molecule has 1 aromatic rings. The number of carbonyl (C=O) groups excluding carboxylic acids is 2. The van der Waals surface area contributed by atoms with Crippen LogP contribution in [0, 0.1) is 11.8 Å². The summed E-state index contributed by atoms with van der Waals surface area (Å²) in [6.07, 6.45) is 4.71. The highest BCUT2D eigenvalue weighted by Gasteiger charge is 2.27. The molecule has 1 N–H and O–H groups in total. The van der Waals surface area contributed by atoms with Crippen molar-refractivity contribution in [2.75, 3.05) is 19.6 Å². The number of rotatable bonds is 4. The van der Waals surface area contributed by atoms with Crippen LogP contribution < -0.4 is 5.32 Å². The molecule has 5 nitrogen and oxygen atoms in total. The smallest absolute Gasteiger partial charge is 0.255 e. The molecule has 1 saturated heterocycles. The van der Waals surface area contributed by atoms with Gasteiger partial charge in [0.1, 0.15) is 0 Å². The van der Waals surface area contributed by atoms with E-state index in [9.17, 15) is 9.59 Å². The van der Waals surface area contributed by atoms with E-state index in [1.807, 2.05) is 4.90 Å². The molecule has 0 atom stereocenters. The van der Waals surface area contributed by atoms with Crippen LogP contribution >= 0.6 is 0 Å². The predicted molar refractivity (Wildman–Crippen MR) is 80.7 cm³/mol. The number of likely N-dealkylation sites (tertiary alicyclic amines) is 1. The molecule has 1 aromatic heterocycles. The normalized spacial score (nSPS) is 16.0. The number of pyridine rings is 1. The molecule has 2 amide bonds. The molecule has 0 saturated carbocycles. The Bertz CT molecular complexity index is 480. The van der Waals surface area contributed by atoms with E-state index in [0.29, 0.717) is 31.1 Å². The number of hydrogen-bond acceptors (Lipinski definition) is 3. The first-order valence-electron chi connectivity index (χ1n) is 7.55. The number of nitrogens with one attached hydrogen (secondary N) is 1. The van der Waals surface area contributed by atoms with E-state index in [2.05, 4.69) is 24.1 Å². The van der Waals surface area contributed by atoms with E-state index in [4.69, 9.17) is 0 Å². The van der Waals surface area contributed by atoms with E-state index < -0.39 is 0 Å². The van der Waals surface area contributed by atoms with Gasteiger partial charge in [0.25, 0.3) is 5.91 Å². The Labute approximate surface area is 125 Å². The van der Waals surface area contributed by atoms with Crippen molar-refractivity contribution >= 4 is 11.8 Å². The second-order valence-corrected chi connectivity index (χ2v) is 5.95. The maximum atomic E-state index is 12.3. The molecule has 0 aliphatic carbocycles. The van der Waals surface area contributed by atoms with Gasteiger partial charge in [-0.2, -0.15) is 0 Å². The number of hydrogen-bond donors (Lipinski definition) is 1. The first-order valence-corrected chi connectivity index (χ1v) is 7.55. The van der Waals surface area contributed by atoms with Crippen molar-refractivity contribution < 1.29 is 9.59 Å². The molecule has 1 aliphatic rings. The Morgan fingerprint density at radius 3 is 2.67 bits per heavy atom. The summed E-state index contributed by atoms with van der Waals surface area (Å²) in [6, 6.07) is 3.54. The van der Waals surface area contributed by atoms with Gasteiger partial charge in [-0.1, -0.05) is 13.8 Å². The summed E-state index contributed by atoms with van der Waals surface area (Å²) in [5, 5.41) is 2.98. The molecular weight excluding hydrogens is 266 g/mol. The van der Waals surface area contributed by atoms with Crippen LogP contribution in [0.2, 0.25) is 0 Å². The van der Waals surface area contributed by atoms with Crippen LogP contribution in [0.1, 0.15) is 37.0 Å². The third kappa shape index (κ3) is 4.28. The van der Waals surface area contributed by atoms with E-state index in [0.717, 1.165) is 12.8 Å². The van der Waals surface area contributed by atoms with Crippen LogP contribution in [0.5, 0.6) is 0 Å². The Morgan fingerprint density at radius 2 is 2.10 bits per heavy atom. The van der Waals surface area contributed by atoms with E-state index in [-0.39, 0.29) is 17.7 Å². The second kappa shape index (κ2) is 7.20. The van der Waals surface area contributed by atoms with Gasteiger partial charge < -0.3 is 10.2 Å². The maximum Gasteiger partial charge on any atom is 0.255 e. The Kier molecular flexibility index (Phi) is 5.31. The van der Waals surface area contributed by atoms with Crippen LogP contribution in [-0.4, -0.2) is 41.3 Å². The minimum atomic E-state index is 0.00383. The fraction of sp³-hybridized carbons (Fsp3) is 0.562. The summed E-state index contributed by atoms with van der Waals surface area (Å²) in [6.45, 7) is 6.14. The van der Waals surface area contributed by atoms with Gasteiger partial charge >= 0.3 is 0 Å². The largest absolute Gasteiger partial charge is 0.356 e. The lowest BCUT2D eigenvalue weighted by Crippen LogP contribution is -2.43. The highest BCUT2D eigenvalue weighted by molar-refractivity contribution is 5.94. The van der Waals surface area contributed by atoms with Gasteiger partial charge in [0, 0.05) is 37.9 Å². The van der Waals surface area contributed by atoms with Crippen LogP contribution in [0.3, 0.4) is 0 Å². The van der Waals surface area contributed by atoms with Gasteiger partial charge in [-0.3, -0.25) is 14.6 Å². The average Bonchev–Trinajstić information content (AvgIpc) is 2.53. The summed E-state index contributed by atoms with van der Waals surface area (Å²) >= 11 is 0. The van der Waals surface area contributed by atoms with Gasteiger partial charge in [0.15, 0.2) is 0 Å². The van der Waals surface area contributed by atoms with Crippen molar-refractivity contribution in [2.45, 2.75) is 26.7 Å². The number of carbonyl (C=O) groups is 2. The molecule has 5 heteroatoms. The monoisotopic (exact) mass is 289 g/mol. The molecule has 2 rings (SSSR count). The zero-order valence-corrected chi connectivity index (χ0v) is 12.7. The van der Waals surface area contributed by atoms with Crippen LogP contribution in [0.4, 0.5) is 0 Å². The molecule has 0 aromatic carbocycles. The summed E-state index contributed by atoms with van der Waals surface area (Å²) in [4.78, 5) is 30.1. The Morgan fingerprint density at radius 1 is 1.38 bits per heavy atom. The molecule has 0 unspecified atom stereocenters.